The number of nitrogens with zero attached hydrogens (tertiary/aromatic N) is 6. The van der Waals surface area contributed by atoms with Gasteiger partial charge >= 0.3 is 18.2 Å². The number of carboxylic acids is 1. The monoisotopic (exact) mass is 746 g/mol. The number of ether oxygens (including phenoxy) is 1. The molecule has 0 saturated carbocycles. The summed E-state index contributed by atoms with van der Waals surface area (Å²) in [6.07, 6.45) is -5.88. The molecule has 6 rings (SSSR count). The van der Waals surface area contributed by atoms with Gasteiger partial charge in [-0.25, -0.2) is 19.3 Å². The normalized spacial score (nSPS) is 20.0. The van der Waals surface area contributed by atoms with Crippen LogP contribution in [0.1, 0.15) is 49.1 Å². The lowest BCUT2D eigenvalue weighted by molar-refractivity contribution is -0.198. The van der Waals surface area contributed by atoms with Crippen molar-refractivity contribution in [3.05, 3.63) is 93.9 Å². The largest absolute Gasteiger partial charge is 0.479 e. The van der Waals surface area contributed by atoms with Crippen molar-refractivity contribution in [1.29, 1.82) is 0 Å². The van der Waals surface area contributed by atoms with Gasteiger partial charge in [0.15, 0.2) is 0 Å². The predicted molar refractivity (Wildman–Crippen MR) is 183 cm³/mol. The quantitative estimate of drug-likeness (QED) is 0.166. The molecule has 51 heavy (non-hydrogen) atoms. The van der Waals surface area contributed by atoms with Crippen LogP contribution in [0.25, 0.3) is 5.69 Å². The number of aromatic nitrogens is 4. The van der Waals surface area contributed by atoms with Crippen molar-refractivity contribution in [2.45, 2.75) is 57.3 Å². The van der Waals surface area contributed by atoms with E-state index in [1.807, 2.05) is 30.3 Å². The highest BCUT2D eigenvalue weighted by Gasteiger charge is 2.62. The Labute approximate surface area is 301 Å². The molecule has 2 aromatic carbocycles. The third kappa shape index (κ3) is 7.29. The number of amides is 1. The van der Waals surface area contributed by atoms with Crippen molar-refractivity contribution in [3.8, 4) is 11.6 Å². The van der Waals surface area contributed by atoms with Crippen molar-refractivity contribution in [2.75, 3.05) is 24.5 Å². The molecule has 270 valence electrons. The fourth-order valence-electron chi connectivity index (χ4n) is 7.43. The maximum atomic E-state index is 14.6. The first-order valence-corrected chi connectivity index (χ1v) is 17.0. The molecule has 2 aromatic heterocycles. The second-order valence-electron chi connectivity index (χ2n) is 13.3. The number of halogens is 5. The molecule has 2 unspecified atom stereocenters. The molecule has 16 heteroatoms. The zero-order valence-corrected chi connectivity index (χ0v) is 29.2. The molecule has 11 nitrogen and oxygen atoms in total. The highest BCUT2D eigenvalue weighted by Crippen LogP contribution is 2.52. The van der Waals surface area contributed by atoms with Gasteiger partial charge in [-0.2, -0.15) is 23.3 Å². The zero-order valence-electron chi connectivity index (χ0n) is 27.6. The van der Waals surface area contributed by atoms with Crippen molar-refractivity contribution in [2.24, 2.45) is 11.3 Å². The highest BCUT2D eigenvalue weighted by atomic mass is 35.5. The average molecular weight is 748 g/mol. The van der Waals surface area contributed by atoms with Gasteiger partial charge < -0.3 is 19.8 Å². The van der Waals surface area contributed by atoms with Gasteiger partial charge in [0.25, 0.3) is 0 Å². The number of hydrogen-bond donors (Lipinski definition) is 2. The van der Waals surface area contributed by atoms with Gasteiger partial charge in [-0.1, -0.05) is 66.5 Å². The molecule has 2 saturated heterocycles. The van der Waals surface area contributed by atoms with E-state index in [-0.39, 0.29) is 53.4 Å². The molecule has 2 fully saturated rings. The number of carbonyl (C=O) groups is 2. The van der Waals surface area contributed by atoms with Gasteiger partial charge in [-0.15, -0.1) is 0 Å². The van der Waals surface area contributed by atoms with Gasteiger partial charge in [-0.05, 0) is 67.7 Å². The number of aryl methyl sites for hydroxylation is 1. The van der Waals surface area contributed by atoms with Crippen LogP contribution in [0.3, 0.4) is 0 Å². The van der Waals surface area contributed by atoms with Crippen LogP contribution in [0.5, 0.6) is 5.88 Å². The number of alkyl halides is 3. The van der Waals surface area contributed by atoms with Gasteiger partial charge in [0.05, 0.1) is 11.4 Å². The number of rotatable bonds is 9. The number of piperidine rings is 1. The maximum absolute atomic E-state index is 14.6. The van der Waals surface area contributed by atoms with Crippen LogP contribution in [0.15, 0.2) is 66.9 Å². The molecule has 2 N–H and O–H groups in total. The standard InChI is InChI=1S/C35H35Cl2F3N6O5/c1-21(16-23-6-4-3-5-7-23)34(30(47)48)19-33(20-45(34)32(49)50)11-14-44(15-12-33)31-41-27(37)18-28(42-31)51-29(35(38,39)40)25-9-8-24(36)17-26(25)46-13-10-22(2)43-46/h3-10,13,17-18,21,29H,11-12,14-16,19-20H2,1-2H3,(H,47,48)(H,49,50)/t21?,29-,34?/m1/s1. The molecule has 0 bridgehead atoms. The molecule has 4 aromatic rings. The number of hydrogen-bond acceptors (Lipinski definition) is 7. The van der Waals surface area contributed by atoms with Crippen LogP contribution in [-0.2, 0) is 11.2 Å². The van der Waals surface area contributed by atoms with Crippen molar-refractivity contribution in [3.63, 3.8) is 0 Å². The van der Waals surface area contributed by atoms with Crippen LogP contribution in [0.4, 0.5) is 23.9 Å². The Kier molecular flexibility index (Phi) is 9.85. The second kappa shape index (κ2) is 13.9. The first-order chi connectivity index (χ1) is 24.1. The van der Waals surface area contributed by atoms with E-state index in [4.69, 9.17) is 27.9 Å². The van der Waals surface area contributed by atoms with E-state index < -0.39 is 47.1 Å². The Morgan fingerprint density at radius 2 is 1.73 bits per heavy atom. The summed E-state index contributed by atoms with van der Waals surface area (Å²) in [5.74, 6) is -2.12. The van der Waals surface area contributed by atoms with Crippen LogP contribution in [-0.4, -0.2) is 78.3 Å². The third-order valence-corrected chi connectivity index (χ3v) is 10.4. The minimum Gasteiger partial charge on any atom is -0.479 e. The number of likely N-dealkylation sites (tertiary alicyclic amines) is 1. The Balaban J connectivity index is 1.24. The van der Waals surface area contributed by atoms with Crippen molar-refractivity contribution in [1.82, 2.24) is 24.6 Å². The zero-order chi connectivity index (χ0) is 36.7. The van der Waals surface area contributed by atoms with Crippen LogP contribution in [0, 0.1) is 18.3 Å². The molecular weight excluding hydrogens is 712 g/mol. The van der Waals surface area contributed by atoms with E-state index in [1.165, 1.54) is 29.1 Å². The molecule has 0 aliphatic carbocycles. The Hall–Kier alpha value is -4.56. The third-order valence-electron chi connectivity index (χ3n) is 9.97. The highest BCUT2D eigenvalue weighted by molar-refractivity contribution is 6.30. The summed E-state index contributed by atoms with van der Waals surface area (Å²) in [6.45, 7) is 4.05. The molecule has 3 atom stereocenters. The molecule has 4 heterocycles. The summed E-state index contributed by atoms with van der Waals surface area (Å²) in [5, 5.41) is 25.1. The lowest BCUT2D eigenvalue weighted by Gasteiger charge is -2.40. The fourth-order valence-corrected chi connectivity index (χ4v) is 7.77. The van der Waals surface area contributed by atoms with Gasteiger partial charge in [-0.3, -0.25) is 4.90 Å². The van der Waals surface area contributed by atoms with Gasteiger partial charge in [0, 0.05) is 42.5 Å². The van der Waals surface area contributed by atoms with E-state index in [1.54, 1.807) is 24.8 Å². The lowest BCUT2D eigenvalue weighted by Crippen LogP contribution is -2.57. The minimum absolute atomic E-state index is 0.0266. The SMILES string of the molecule is Cc1ccn(-c2cc(Cl)ccc2[C@@H](Oc2cc(Cl)nc(N3CCC4(CC3)CN(C(=O)O)C(C(=O)O)(C(C)Cc3ccccc3)C4)n2)C(F)(F)F)n1. The number of aliphatic carboxylic acids is 1. The summed E-state index contributed by atoms with van der Waals surface area (Å²) in [4.78, 5) is 36.9. The van der Waals surface area contributed by atoms with Crippen LogP contribution < -0.4 is 9.64 Å². The molecule has 2 aliphatic heterocycles. The molecular formula is C35H35Cl2F3N6O5. The first-order valence-electron chi connectivity index (χ1n) is 16.2. The first kappa shape index (κ1) is 36.2. The summed E-state index contributed by atoms with van der Waals surface area (Å²) < 4.78 is 50.8. The Bertz CT molecular complexity index is 1920. The van der Waals surface area contributed by atoms with Crippen LogP contribution in [0.2, 0.25) is 10.2 Å². The van der Waals surface area contributed by atoms with Gasteiger partial charge in [0.1, 0.15) is 10.7 Å². The second-order valence-corrected chi connectivity index (χ2v) is 14.1. The van der Waals surface area contributed by atoms with E-state index in [9.17, 15) is 33.0 Å². The van der Waals surface area contributed by atoms with E-state index in [0.717, 1.165) is 16.5 Å². The smallest absolute Gasteiger partial charge is 0.429 e. The van der Waals surface area contributed by atoms with Crippen molar-refractivity contribution >= 4 is 41.2 Å². The van der Waals surface area contributed by atoms with Gasteiger partial charge in [0.2, 0.25) is 17.9 Å². The lowest BCUT2D eigenvalue weighted by atomic mass is 9.69. The number of anilines is 1. The molecule has 2 aliphatic rings. The average Bonchev–Trinajstić information content (AvgIpc) is 3.66. The maximum Gasteiger partial charge on any atom is 0.429 e. The molecule has 0 radical (unpaired) electrons. The topological polar surface area (TPSA) is 134 Å². The van der Waals surface area contributed by atoms with Crippen molar-refractivity contribution < 1.29 is 37.7 Å². The molecule has 1 amide bonds. The molecule has 1 spiro atoms. The van der Waals surface area contributed by atoms with Crippen LogP contribution >= 0.6 is 23.2 Å². The predicted octanol–water partition coefficient (Wildman–Crippen LogP) is 7.63. The van der Waals surface area contributed by atoms with E-state index >= 15 is 0 Å². The Morgan fingerprint density at radius 3 is 2.33 bits per heavy atom. The summed E-state index contributed by atoms with van der Waals surface area (Å²) >= 11 is 12.5. The summed E-state index contributed by atoms with van der Waals surface area (Å²) in [7, 11) is 0. The minimum atomic E-state index is -4.88. The number of carboxylic acid groups (broad SMARTS) is 2. The fraction of sp³-hybridized carbons (Fsp3) is 0.400. The van der Waals surface area contributed by atoms with E-state index in [0.29, 0.717) is 25.0 Å². The number of benzene rings is 2. The van der Waals surface area contributed by atoms with E-state index in [2.05, 4.69) is 15.1 Å². The Morgan fingerprint density at radius 1 is 1.02 bits per heavy atom. The summed E-state index contributed by atoms with van der Waals surface area (Å²) in [6, 6.07) is 16.0. The summed E-state index contributed by atoms with van der Waals surface area (Å²) in [5.41, 5.74) is -1.00.